The highest BCUT2D eigenvalue weighted by Gasteiger charge is 1.99. The molecule has 110 valence electrons. The number of pyridine rings is 2. The van der Waals surface area contributed by atoms with Crippen molar-refractivity contribution >= 4 is 5.96 Å². The maximum atomic E-state index is 4.53. The standard InChI is InChI=1S/C16H21N5/c1-2-17-16(21-13-15-8-4-6-11-19-15)20-12-9-14-7-3-5-10-18-14/h3-8,10-11H,2,9,12-13H2,1H3,(H2,17,20,21). The average Bonchev–Trinajstić information content (AvgIpc) is 2.54. The number of hydrogen-bond acceptors (Lipinski definition) is 3. The van der Waals surface area contributed by atoms with Crippen LogP contribution in [0.2, 0.25) is 0 Å². The second-order valence-electron chi connectivity index (χ2n) is 4.51. The van der Waals surface area contributed by atoms with E-state index in [4.69, 9.17) is 0 Å². The minimum atomic E-state index is 0.569. The Morgan fingerprint density at radius 1 is 1.00 bits per heavy atom. The number of guanidine groups is 1. The van der Waals surface area contributed by atoms with Gasteiger partial charge < -0.3 is 10.6 Å². The van der Waals surface area contributed by atoms with E-state index in [1.54, 1.807) is 6.20 Å². The van der Waals surface area contributed by atoms with Gasteiger partial charge in [-0.05, 0) is 31.2 Å². The van der Waals surface area contributed by atoms with Gasteiger partial charge in [0.05, 0.1) is 12.2 Å². The lowest BCUT2D eigenvalue weighted by Crippen LogP contribution is -2.38. The molecule has 0 bridgehead atoms. The second-order valence-corrected chi connectivity index (χ2v) is 4.51. The van der Waals surface area contributed by atoms with Crippen LogP contribution in [0.4, 0.5) is 0 Å². The maximum Gasteiger partial charge on any atom is 0.191 e. The van der Waals surface area contributed by atoms with Crippen molar-refractivity contribution in [1.29, 1.82) is 0 Å². The minimum absolute atomic E-state index is 0.569. The van der Waals surface area contributed by atoms with E-state index >= 15 is 0 Å². The molecule has 5 heteroatoms. The van der Waals surface area contributed by atoms with Crippen molar-refractivity contribution in [2.75, 3.05) is 13.1 Å². The van der Waals surface area contributed by atoms with Gasteiger partial charge in [-0.1, -0.05) is 12.1 Å². The van der Waals surface area contributed by atoms with Gasteiger partial charge in [0.15, 0.2) is 5.96 Å². The summed E-state index contributed by atoms with van der Waals surface area (Å²) in [5.41, 5.74) is 2.03. The van der Waals surface area contributed by atoms with E-state index in [1.807, 2.05) is 42.6 Å². The molecule has 0 radical (unpaired) electrons. The lowest BCUT2D eigenvalue weighted by Gasteiger charge is -2.10. The Balaban J connectivity index is 1.84. The molecule has 2 aromatic rings. The first-order valence-corrected chi connectivity index (χ1v) is 7.20. The van der Waals surface area contributed by atoms with Crippen molar-refractivity contribution in [3.05, 3.63) is 60.2 Å². The van der Waals surface area contributed by atoms with E-state index < -0.39 is 0 Å². The average molecular weight is 283 g/mol. The molecular formula is C16H21N5. The lowest BCUT2D eigenvalue weighted by atomic mass is 10.3. The number of aromatic nitrogens is 2. The van der Waals surface area contributed by atoms with Gasteiger partial charge in [0.2, 0.25) is 0 Å². The Morgan fingerprint density at radius 3 is 2.33 bits per heavy atom. The molecule has 0 spiro atoms. The highest BCUT2D eigenvalue weighted by molar-refractivity contribution is 5.79. The molecule has 0 saturated carbocycles. The molecule has 2 N–H and O–H groups in total. The van der Waals surface area contributed by atoms with Gasteiger partial charge >= 0.3 is 0 Å². The van der Waals surface area contributed by atoms with Crippen LogP contribution in [-0.4, -0.2) is 29.0 Å². The third kappa shape index (κ3) is 5.60. The van der Waals surface area contributed by atoms with Crippen molar-refractivity contribution in [1.82, 2.24) is 20.6 Å². The molecule has 0 amide bonds. The zero-order valence-electron chi connectivity index (χ0n) is 12.3. The molecule has 5 nitrogen and oxygen atoms in total. The molecule has 0 aromatic carbocycles. The topological polar surface area (TPSA) is 62.2 Å². The highest BCUT2D eigenvalue weighted by atomic mass is 15.2. The minimum Gasteiger partial charge on any atom is -0.357 e. The van der Waals surface area contributed by atoms with Crippen LogP contribution in [0, 0.1) is 0 Å². The summed E-state index contributed by atoms with van der Waals surface area (Å²) in [5, 5.41) is 6.54. The van der Waals surface area contributed by atoms with Crippen LogP contribution < -0.4 is 10.6 Å². The Bertz CT molecular complexity index is 539. The van der Waals surface area contributed by atoms with Gasteiger partial charge in [-0.15, -0.1) is 0 Å². The largest absolute Gasteiger partial charge is 0.357 e. The van der Waals surface area contributed by atoms with Crippen molar-refractivity contribution in [2.45, 2.75) is 19.9 Å². The first-order valence-electron chi connectivity index (χ1n) is 7.20. The Labute approximate surface area is 125 Å². The first-order chi connectivity index (χ1) is 10.4. The van der Waals surface area contributed by atoms with Crippen LogP contribution in [0.1, 0.15) is 18.3 Å². The maximum absolute atomic E-state index is 4.53. The van der Waals surface area contributed by atoms with E-state index in [1.165, 1.54) is 0 Å². The lowest BCUT2D eigenvalue weighted by molar-refractivity contribution is 0.786. The molecule has 0 saturated heterocycles. The number of aliphatic imine (C=N–C) groups is 1. The van der Waals surface area contributed by atoms with Gasteiger partial charge in [-0.25, -0.2) is 4.99 Å². The summed E-state index contributed by atoms with van der Waals surface area (Å²) in [4.78, 5) is 13.1. The summed E-state index contributed by atoms with van der Waals surface area (Å²) >= 11 is 0. The fourth-order valence-corrected chi connectivity index (χ4v) is 1.85. The molecule has 21 heavy (non-hydrogen) atoms. The van der Waals surface area contributed by atoms with E-state index in [9.17, 15) is 0 Å². The Morgan fingerprint density at radius 2 is 1.71 bits per heavy atom. The van der Waals surface area contributed by atoms with Crippen molar-refractivity contribution < 1.29 is 0 Å². The van der Waals surface area contributed by atoms with E-state index in [-0.39, 0.29) is 0 Å². The molecule has 0 aliphatic heterocycles. The first kappa shape index (κ1) is 15.0. The zero-order valence-corrected chi connectivity index (χ0v) is 12.3. The Hall–Kier alpha value is -2.43. The quantitative estimate of drug-likeness (QED) is 0.626. The molecule has 0 aliphatic rings. The van der Waals surface area contributed by atoms with Gasteiger partial charge in [0.1, 0.15) is 0 Å². The van der Waals surface area contributed by atoms with Crippen LogP contribution >= 0.6 is 0 Å². The van der Waals surface area contributed by atoms with Crippen LogP contribution in [-0.2, 0) is 13.0 Å². The monoisotopic (exact) mass is 283 g/mol. The summed E-state index contributed by atoms with van der Waals surface area (Å²) in [6, 6.07) is 11.8. The molecule has 2 heterocycles. The number of hydrogen-bond donors (Lipinski definition) is 2. The van der Waals surface area contributed by atoms with E-state index in [0.29, 0.717) is 6.54 Å². The summed E-state index contributed by atoms with van der Waals surface area (Å²) < 4.78 is 0. The van der Waals surface area contributed by atoms with Crippen LogP contribution in [0.15, 0.2) is 53.8 Å². The van der Waals surface area contributed by atoms with Gasteiger partial charge in [-0.2, -0.15) is 0 Å². The predicted molar refractivity (Wildman–Crippen MR) is 85.0 cm³/mol. The normalized spacial score (nSPS) is 11.2. The highest BCUT2D eigenvalue weighted by Crippen LogP contribution is 1.96. The second kappa shape index (κ2) is 8.68. The number of nitrogens with one attached hydrogen (secondary N) is 2. The molecule has 0 atom stereocenters. The zero-order chi connectivity index (χ0) is 14.8. The molecule has 0 aliphatic carbocycles. The van der Waals surface area contributed by atoms with Crippen molar-refractivity contribution in [3.63, 3.8) is 0 Å². The van der Waals surface area contributed by atoms with Gasteiger partial charge in [-0.3, -0.25) is 9.97 Å². The fraction of sp³-hybridized carbons (Fsp3) is 0.312. The van der Waals surface area contributed by atoms with Crippen LogP contribution in [0.5, 0.6) is 0 Å². The summed E-state index contributed by atoms with van der Waals surface area (Å²) in [5.74, 6) is 0.805. The predicted octanol–water partition coefficient (Wildman–Crippen LogP) is 1.77. The van der Waals surface area contributed by atoms with E-state index in [0.717, 1.165) is 36.9 Å². The fourth-order valence-electron chi connectivity index (χ4n) is 1.85. The van der Waals surface area contributed by atoms with Crippen LogP contribution in [0.25, 0.3) is 0 Å². The van der Waals surface area contributed by atoms with Crippen molar-refractivity contribution in [2.24, 2.45) is 4.99 Å². The summed E-state index contributed by atoms with van der Waals surface area (Å²) in [7, 11) is 0. The number of nitrogens with zero attached hydrogens (tertiary/aromatic N) is 3. The third-order valence-corrected chi connectivity index (χ3v) is 2.87. The molecule has 0 unspecified atom stereocenters. The SMILES string of the molecule is CCNC(=NCc1ccccn1)NCCc1ccccn1. The molecule has 2 aromatic heterocycles. The van der Waals surface area contributed by atoms with E-state index in [2.05, 4.69) is 32.5 Å². The molecular weight excluding hydrogens is 262 g/mol. The van der Waals surface area contributed by atoms with Crippen LogP contribution in [0.3, 0.4) is 0 Å². The van der Waals surface area contributed by atoms with Gasteiger partial charge in [0.25, 0.3) is 0 Å². The molecule has 2 rings (SSSR count). The number of rotatable bonds is 6. The third-order valence-electron chi connectivity index (χ3n) is 2.87. The Kier molecular flexibility index (Phi) is 6.19. The summed E-state index contributed by atoms with van der Waals surface area (Å²) in [6.07, 6.45) is 4.47. The molecule has 0 fully saturated rings. The smallest absolute Gasteiger partial charge is 0.191 e. The van der Waals surface area contributed by atoms with Crippen molar-refractivity contribution in [3.8, 4) is 0 Å². The van der Waals surface area contributed by atoms with Gasteiger partial charge in [0, 0.05) is 37.6 Å². The summed E-state index contributed by atoms with van der Waals surface area (Å²) in [6.45, 7) is 4.25.